The first kappa shape index (κ1) is 36.0. The Hall–Kier alpha value is -2.03. The second-order valence-corrected chi connectivity index (χ2v) is 9.34. The average Bonchev–Trinajstić information content (AvgIpc) is 2.90. The Balaban J connectivity index is 1.67. The molecule has 0 aromatic heterocycles. The summed E-state index contributed by atoms with van der Waals surface area (Å²) in [5.41, 5.74) is 5.83. The van der Waals surface area contributed by atoms with Crippen LogP contribution in [0.4, 0.5) is 5.69 Å². The molecule has 0 radical (unpaired) electrons. The molecular weight excluding hydrogens is 526 g/mol. The van der Waals surface area contributed by atoms with Crippen LogP contribution in [0.2, 0.25) is 0 Å². The molecule has 1 aromatic carbocycles. The molecule has 0 aliphatic heterocycles. The number of nitrogens with two attached hydrogens (primary N) is 1. The zero-order valence-corrected chi connectivity index (χ0v) is 24.4. The lowest BCUT2D eigenvalue weighted by atomic mass is 10.2. The molecule has 0 aliphatic carbocycles. The van der Waals surface area contributed by atoms with E-state index in [4.69, 9.17) is 53.1 Å². The van der Waals surface area contributed by atoms with Gasteiger partial charge in [0.25, 0.3) is 0 Å². The standard InChI is InChI=1S/C28H49NO11/c1-28(2,3)40-27(30)24-38-21-20-36-17-16-34-13-12-32-9-8-31-10-11-33-14-15-35-18-19-37-22-23-39-26-6-4-25(29)5-7-26/h4-7H,8-24,29H2,1-3H3. The molecule has 0 saturated carbocycles. The predicted molar refractivity (Wildman–Crippen MR) is 149 cm³/mol. The van der Waals surface area contributed by atoms with Crippen LogP contribution in [0.1, 0.15) is 20.8 Å². The Morgan fingerprint density at radius 1 is 0.550 bits per heavy atom. The van der Waals surface area contributed by atoms with E-state index >= 15 is 0 Å². The van der Waals surface area contributed by atoms with Gasteiger partial charge in [-0.25, -0.2) is 4.79 Å². The average molecular weight is 576 g/mol. The molecule has 0 unspecified atom stereocenters. The van der Waals surface area contributed by atoms with Gasteiger partial charge in [0.05, 0.1) is 99.1 Å². The number of ether oxygens (including phenoxy) is 10. The third-order valence-electron chi connectivity index (χ3n) is 4.62. The van der Waals surface area contributed by atoms with Gasteiger partial charge in [0.15, 0.2) is 0 Å². The molecule has 1 rings (SSSR count). The molecule has 2 N–H and O–H groups in total. The second-order valence-electron chi connectivity index (χ2n) is 9.34. The minimum absolute atomic E-state index is 0.0815. The maximum absolute atomic E-state index is 11.5. The van der Waals surface area contributed by atoms with Crippen LogP contribution in [-0.4, -0.2) is 124 Å². The zero-order chi connectivity index (χ0) is 29.2. The summed E-state index contributed by atoms with van der Waals surface area (Å²) in [5.74, 6) is 0.383. The van der Waals surface area contributed by atoms with Crippen molar-refractivity contribution in [2.24, 2.45) is 0 Å². The smallest absolute Gasteiger partial charge is 0.332 e. The van der Waals surface area contributed by atoms with Gasteiger partial charge in [-0.05, 0) is 45.0 Å². The van der Waals surface area contributed by atoms with Crippen LogP contribution >= 0.6 is 0 Å². The van der Waals surface area contributed by atoms with Crippen LogP contribution in [0, 0.1) is 0 Å². The molecule has 40 heavy (non-hydrogen) atoms. The molecule has 0 atom stereocenters. The van der Waals surface area contributed by atoms with Crippen LogP contribution < -0.4 is 10.5 Å². The van der Waals surface area contributed by atoms with Crippen LogP contribution in [-0.2, 0) is 47.4 Å². The summed E-state index contributed by atoms with van der Waals surface area (Å²) < 4.78 is 54.0. The molecule has 0 aliphatic rings. The second kappa shape index (κ2) is 24.7. The van der Waals surface area contributed by atoms with E-state index in [1.165, 1.54) is 0 Å². The molecule has 232 valence electrons. The van der Waals surface area contributed by atoms with E-state index in [1.54, 1.807) is 12.1 Å². The van der Waals surface area contributed by atoms with E-state index in [2.05, 4.69) is 0 Å². The van der Waals surface area contributed by atoms with Crippen molar-refractivity contribution in [1.82, 2.24) is 0 Å². The summed E-state index contributed by atoms with van der Waals surface area (Å²) in [6.45, 7) is 12.9. The number of esters is 1. The van der Waals surface area contributed by atoms with Gasteiger partial charge in [0, 0.05) is 5.69 Å². The third kappa shape index (κ3) is 25.0. The molecule has 0 saturated heterocycles. The number of rotatable bonds is 27. The van der Waals surface area contributed by atoms with E-state index in [0.717, 1.165) is 5.75 Å². The lowest BCUT2D eigenvalue weighted by Gasteiger charge is -2.19. The number of carbonyl (C=O) groups excluding carboxylic acids is 1. The van der Waals surface area contributed by atoms with Crippen LogP contribution in [0.5, 0.6) is 5.75 Å². The minimum atomic E-state index is -0.508. The maximum atomic E-state index is 11.5. The van der Waals surface area contributed by atoms with Crippen LogP contribution in [0.15, 0.2) is 24.3 Å². The monoisotopic (exact) mass is 575 g/mol. The fraction of sp³-hybridized carbons (Fsp3) is 0.750. The third-order valence-corrected chi connectivity index (χ3v) is 4.62. The molecule has 0 bridgehead atoms. The normalized spacial score (nSPS) is 11.6. The number of anilines is 1. The van der Waals surface area contributed by atoms with Crippen molar-refractivity contribution in [3.05, 3.63) is 24.3 Å². The summed E-state index contributed by atoms with van der Waals surface area (Å²) in [6, 6.07) is 7.25. The van der Waals surface area contributed by atoms with Crippen molar-refractivity contribution in [2.45, 2.75) is 26.4 Å². The molecule has 12 heteroatoms. The van der Waals surface area contributed by atoms with Crippen molar-refractivity contribution in [1.29, 1.82) is 0 Å². The minimum Gasteiger partial charge on any atom is -0.491 e. The highest BCUT2D eigenvalue weighted by atomic mass is 16.6. The lowest BCUT2D eigenvalue weighted by molar-refractivity contribution is -0.160. The highest BCUT2D eigenvalue weighted by Gasteiger charge is 2.15. The molecule has 0 spiro atoms. The van der Waals surface area contributed by atoms with Gasteiger partial charge in [0.2, 0.25) is 0 Å². The topological polar surface area (TPSA) is 135 Å². The molecule has 1 aromatic rings. The van der Waals surface area contributed by atoms with Gasteiger partial charge in [0.1, 0.15) is 24.6 Å². The predicted octanol–water partition coefficient (Wildman–Crippen LogP) is 2.12. The Labute approximate surface area is 238 Å². The van der Waals surface area contributed by atoms with Gasteiger partial charge in [-0.3, -0.25) is 0 Å². The summed E-state index contributed by atoms with van der Waals surface area (Å²) in [6.07, 6.45) is 0. The van der Waals surface area contributed by atoms with Gasteiger partial charge < -0.3 is 53.1 Å². The lowest BCUT2D eigenvalue weighted by Crippen LogP contribution is -2.27. The first-order valence-corrected chi connectivity index (χ1v) is 13.7. The number of carbonyl (C=O) groups is 1. The number of hydrogen-bond donors (Lipinski definition) is 1. The van der Waals surface area contributed by atoms with Crippen molar-refractivity contribution in [3.8, 4) is 5.75 Å². The number of hydrogen-bond acceptors (Lipinski definition) is 12. The SMILES string of the molecule is CC(C)(C)OC(=O)COCCOCCOCCOCCOCCOCCOCCOCCOc1ccc(N)cc1. The Morgan fingerprint density at radius 3 is 1.23 bits per heavy atom. The summed E-state index contributed by atoms with van der Waals surface area (Å²) >= 11 is 0. The highest BCUT2D eigenvalue weighted by molar-refractivity contribution is 5.71. The van der Waals surface area contributed by atoms with Crippen LogP contribution in [0.25, 0.3) is 0 Å². The highest BCUT2D eigenvalue weighted by Crippen LogP contribution is 2.12. The quantitative estimate of drug-likeness (QED) is 0.0935. The number of benzene rings is 1. The van der Waals surface area contributed by atoms with Crippen molar-refractivity contribution >= 4 is 11.7 Å². The van der Waals surface area contributed by atoms with E-state index in [-0.39, 0.29) is 12.6 Å². The summed E-state index contributed by atoms with van der Waals surface area (Å²) in [4.78, 5) is 11.5. The van der Waals surface area contributed by atoms with Crippen molar-refractivity contribution in [2.75, 3.05) is 118 Å². The van der Waals surface area contributed by atoms with Gasteiger partial charge in [-0.1, -0.05) is 0 Å². The molecule has 12 nitrogen and oxygen atoms in total. The Bertz CT molecular complexity index is 713. The first-order valence-electron chi connectivity index (χ1n) is 13.7. The zero-order valence-electron chi connectivity index (χ0n) is 24.4. The van der Waals surface area contributed by atoms with Gasteiger partial charge in [-0.2, -0.15) is 0 Å². The van der Waals surface area contributed by atoms with Gasteiger partial charge >= 0.3 is 5.97 Å². The van der Waals surface area contributed by atoms with Gasteiger partial charge in [-0.15, -0.1) is 0 Å². The van der Waals surface area contributed by atoms with E-state index in [9.17, 15) is 4.79 Å². The van der Waals surface area contributed by atoms with Crippen LogP contribution in [0.3, 0.4) is 0 Å². The fourth-order valence-corrected chi connectivity index (χ4v) is 2.85. The summed E-state index contributed by atoms with van der Waals surface area (Å²) in [5, 5.41) is 0. The van der Waals surface area contributed by atoms with E-state index < -0.39 is 5.60 Å². The van der Waals surface area contributed by atoms with Crippen molar-refractivity contribution in [3.63, 3.8) is 0 Å². The Kier molecular flexibility index (Phi) is 22.3. The fourth-order valence-electron chi connectivity index (χ4n) is 2.85. The van der Waals surface area contributed by atoms with E-state index in [1.807, 2.05) is 32.9 Å². The van der Waals surface area contributed by atoms with Crippen molar-refractivity contribution < 1.29 is 52.2 Å². The molecule has 0 heterocycles. The molecule has 0 amide bonds. The largest absolute Gasteiger partial charge is 0.491 e. The van der Waals surface area contributed by atoms with E-state index in [0.29, 0.717) is 111 Å². The molecule has 0 fully saturated rings. The first-order chi connectivity index (χ1) is 19.4. The summed E-state index contributed by atoms with van der Waals surface area (Å²) in [7, 11) is 0. The Morgan fingerprint density at radius 2 is 0.875 bits per heavy atom. The molecular formula is C28H49NO11. The number of nitrogen functional groups attached to an aromatic ring is 1. The maximum Gasteiger partial charge on any atom is 0.332 e.